The third kappa shape index (κ3) is 2.82. The first-order valence-corrected chi connectivity index (χ1v) is 4.06. The van der Waals surface area contributed by atoms with Crippen molar-refractivity contribution in [1.29, 1.82) is 0 Å². The fraction of sp³-hybridized carbons (Fsp3) is 0.100. The van der Waals surface area contributed by atoms with Crippen LogP contribution in [0.15, 0.2) is 30.4 Å². The van der Waals surface area contributed by atoms with Crippen molar-refractivity contribution in [2.75, 3.05) is 0 Å². The maximum absolute atomic E-state index is 10.4. The third-order valence-corrected chi connectivity index (χ3v) is 1.68. The van der Waals surface area contributed by atoms with Crippen LogP contribution in [-0.2, 0) is 11.2 Å². The van der Waals surface area contributed by atoms with Crippen molar-refractivity contribution in [3.63, 3.8) is 0 Å². The van der Waals surface area contributed by atoms with Crippen molar-refractivity contribution < 1.29 is 15.0 Å². The van der Waals surface area contributed by atoms with Gasteiger partial charge in [0.1, 0.15) is 11.5 Å². The van der Waals surface area contributed by atoms with Gasteiger partial charge in [-0.05, 0) is 30.7 Å². The van der Waals surface area contributed by atoms with Crippen molar-refractivity contribution in [2.45, 2.75) is 6.42 Å². The Morgan fingerprint density at radius 3 is 2.79 bits per heavy atom. The number of rotatable bonds is 3. The smallest absolute Gasteiger partial charge is 0.241 e. The number of amides is 1. The number of allylic oxidation sites excluding steroid dienone is 1. The molecular weight excluding hydrogens is 182 g/mol. The molecule has 1 aromatic rings. The Hall–Kier alpha value is -1.97. The number of hydrogen-bond acceptors (Lipinski definition) is 3. The minimum absolute atomic E-state index is 0.0743. The number of aromatic hydroxyl groups is 2. The zero-order valence-electron chi connectivity index (χ0n) is 7.47. The van der Waals surface area contributed by atoms with E-state index in [1.807, 2.05) is 0 Å². The summed E-state index contributed by atoms with van der Waals surface area (Å²) in [6.07, 6.45) is 3.09. The molecule has 0 aromatic heterocycles. The zero-order valence-corrected chi connectivity index (χ0v) is 7.47. The molecule has 1 aromatic carbocycles. The van der Waals surface area contributed by atoms with Gasteiger partial charge in [0, 0.05) is 5.56 Å². The Morgan fingerprint density at radius 2 is 2.14 bits per heavy atom. The van der Waals surface area contributed by atoms with E-state index in [-0.39, 0.29) is 11.5 Å². The lowest BCUT2D eigenvalue weighted by atomic mass is 10.1. The highest BCUT2D eigenvalue weighted by atomic mass is 16.3. The van der Waals surface area contributed by atoms with Crippen LogP contribution in [-0.4, -0.2) is 16.1 Å². The lowest BCUT2D eigenvalue weighted by molar-refractivity contribution is -0.113. The summed E-state index contributed by atoms with van der Waals surface area (Å²) in [5.74, 6) is -0.383. The molecular formula is C10H11NO3. The second-order valence-corrected chi connectivity index (χ2v) is 2.82. The van der Waals surface area contributed by atoms with Gasteiger partial charge in [0.25, 0.3) is 0 Å². The van der Waals surface area contributed by atoms with Crippen LogP contribution in [0.5, 0.6) is 11.5 Å². The first-order chi connectivity index (χ1) is 6.59. The van der Waals surface area contributed by atoms with Crippen molar-refractivity contribution in [3.05, 3.63) is 35.9 Å². The minimum Gasteiger partial charge on any atom is -0.508 e. The molecule has 0 aliphatic carbocycles. The molecule has 0 fully saturated rings. The molecule has 0 spiro atoms. The Morgan fingerprint density at radius 1 is 1.43 bits per heavy atom. The standard InChI is InChI=1S/C10H11NO3/c11-10(14)3-1-2-7-6-8(12)4-5-9(7)13/h1,3-6,12-13H,2H2,(H2,11,14). The summed E-state index contributed by atoms with van der Waals surface area (Å²) < 4.78 is 0. The Kier molecular flexibility index (Phi) is 3.12. The predicted molar refractivity (Wildman–Crippen MR) is 51.8 cm³/mol. The van der Waals surface area contributed by atoms with Crippen LogP contribution in [0.4, 0.5) is 0 Å². The molecule has 0 aliphatic heterocycles. The normalized spacial score (nSPS) is 10.6. The Bertz CT molecular complexity index is 372. The molecule has 0 atom stereocenters. The summed E-state index contributed by atoms with van der Waals surface area (Å²) in [6, 6.07) is 4.21. The molecule has 0 unspecified atom stereocenters. The highest BCUT2D eigenvalue weighted by Crippen LogP contribution is 2.22. The van der Waals surface area contributed by atoms with Gasteiger partial charge in [-0.1, -0.05) is 6.08 Å². The van der Waals surface area contributed by atoms with E-state index in [0.717, 1.165) is 0 Å². The van der Waals surface area contributed by atoms with Gasteiger partial charge in [-0.3, -0.25) is 4.79 Å². The van der Waals surface area contributed by atoms with E-state index in [1.54, 1.807) is 0 Å². The molecule has 0 radical (unpaired) electrons. The molecule has 0 heterocycles. The Balaban J connectivity index is 2.76. The molecule has 0 saturated carbocycles. The molecule has 74 valence electrons. The van der Waals surface area contributed by atoms with Gasteiger partial charge >= 0.3 is 0 Å². The van der Waals surface area contributed by atoms with Gasteiger partial charge in [0.05, 0.1) is 0 Å². The van der Waals surface area contributed by atoms with E-state index in [0.29, 0.717) is 12.0 Å². The third-order valence-electron chi connectivity index (χ3n) is 1.68. The first-order valence-electron chi connectivity index (χ1n) is 4.06. The van der Waals surface area contributed by atoms with Gasteiger partial charge in [-0.15, -0.1) is 0 Å². The van der Waals surface area contributed by atoms with Crippen molar-refractivity contribution >= 4 is 5.91 Å². The molecule has 1 amide bonds. The number of benzene rings is 1. The van der Waals surface area contributed by atoms with Gasteiger partial charge < -0.3 is 15.9 Å². The molecule has 4 N–H and O–H groups in total. The maximum atomic E-state index is 10.4. The monoisotopic (exact) mass is 193 g/mol. The average molecular weight is 193 g/mol. The summed E-state index contributed by atoms with van der Waals surface area (Å²) in [6.45, 7) is 0. The first kappa shape index (κ1) is 10.1. The van der Waals surface area contributed by atoms with E-state index < -0.39 is 5.91 Å². The van der Waals surface area contributed by atoms with E-state index >= 15 is 0 Å². The molecule has 0 aliphatic rings. The van der Waals surface area contributed by atoms with Gasteiger partial charge in [-0.25, -0.2) is 0 Å². The largest absolute Gasteiger partial charge is 0.508 e. The summed E-state index contributed by atoms with van der Waals surface area (Å²) in [5.41, 5.74) is 5.43. The van der Waals surface area contributed by atoms with Gasteiger partial charge in [0.15, 0.2) is 0 Å². The van der Waals surface area contributed by atoms with Crippen LogP contribution in [0.25, 0.3) is 0 Å². The number of hydrogen-bond donors (Lipinski definition) is 3. The lowest BCUT2D eigenvalue weighted by Crippen LogP contribution is -2.05. The van der Waals surface area contributed by atoms with E-state index in [4.69, 9.17) is 10.8 Å². The highest BCUT2D eigenvalue weighted by molar-refractivity contribution is 5.85. The number of phenolic OH excluding ortho intramolecular Hbond substituents is 2. The molecule has 0 bridgehead atoms. The summed E-state index contributed by atoms with van der Waals surface area (Å²) >= 11 is 0. The SMILES string of the molecule is NC(=O)C=CCc1cc(O)ccc1O. The van der Waals surface area contributed by atoms with Crippen LogP contribution in [0.1, 0.15) is 5.56 Å². The van der Waals surface area contributed by atoms with E-state index in [2.05, 4.69) is 0 Å². The summed E-state index contributed by atoms with van der Waals surface area (Å²) in [4.78, 5) is 10.4. The number of primary amides is 1. The number of carbonyl (C=O) groups excluding carboxylic acids is 1. The van der Waals surface area contributed by atoms with Crippen molar-refractivity contribution in [2.24, 2.45) is 5.73 Å². The molecule has 1 rings (SSSR count). The van der Waals surface area contributed by atoms with Gasteiger partial charge in [0.2, 0.25) is 5.91 Å². The molecule has 14 heavy (non-hydrogen) atoms. The summed E-state index contributed by atoms with van der Waals surface area (Å²) in [7, 11) is 0. The quantitative estimate of drug-likeness (QED) is 0.487. The molecule has 4 heteroatoms. The van der Waals surface area contributed by atoms with Crippen molar-refractivity contribution in [1.82, 2.24) is 0 Å². The van der Waals surface area contributed by atoms with Crippen LogP contribution < -0.4 is 5.73 Å². The second kappa shape index (κ2) is 4.32. The maximum Gasteiger partial charge on any atom is 0.241 e. The fourth-order valence-electron chi connectivity index (χ4n) is 1.04. The second-order valence-electron chi connectivity index (χ2n) is 2.82. The van der Waals surface area contributed by atoms with Gasteiger partial charge in [-0.2, -0.15) is 0 Å². The highest BCUT2D eigenvalue weighted by Gasteiger charge is 1.99. The summed E-state index contributed by atoms with van der Waals surface area (Å²) in [5, 5.41) is 18.5. The van der Waals surface area contributed by atoms with E-state index in [1.165, 1.54) is 30.4 Å². The van der Waals surface area contributed by atoms with Crippen LogP contribution in [0.3, 0.4) is 0 Å². The molecule has 0 saturated heterocycles. The van der Waals surface area contributed by atoms with E-state index in [9.17, 15) is 9.90 Å². The molecule has 4 nitrogen and oxygen atoms in total. The van der Waals surface area contributed by atoms with Crippen LogP contribution >= 0.6 is 0 Å². The Labute approximate surface area is 81.3 Å². The number of phenols is 2. The topological polar surface area (TPSA) is 83.6 Å². The number of carbonyl (C=O) groups is 1. The predicted octanol–water partition coefficient (Wildman–Crippen LogP) is 0.682. The lowest BCUT2D eigenvalue weighted by Gasteiger charge is -2.01. The van der Waals surface area contributed by atoms with Crippen LogP contribution in [0.2, 0.25) is 0 Å². The van der Waals surface area contributed by atoms with Crippen molar-refractivity contribution in [3.8, 4) is 11.5 Å². The minimum atomic E-state index is -0.537. The number of nitrogens with two attached hydrogens (primary N) is 1. The fourth-order valence-corrected chi connectivity index (χ4v) is 1.04. The zero-order chi connectivity index (χ0) is 10.6. The average Bonchev–Trinajstić information content (AvgIpc) is 2.10. The van der Waals surface area contributed by atoms with Crippen LogP contribution in [0, 0.1) is 0 Å².